The molecule has 21 heavy (non-hydrogen) atoms. The smallest absolute Gasteiger partial charge is 0.478 e. The van der Waals surface area contributed by atoms with E-state index in [0.29, 0.717) is 5.56 Å². The predicted molar refractivity (Wildman–Crippen MR) is 65.5 cm³/mol. The van der Waals surface area contributed by atoms with Crippen molar-refractivity contribution >= 4 is 5.97 Å². The highest BCUT2D eigenvalue weighted by Crippen LogP contribution is 2.28. The van der Waals surface area contributed by atoms with Crippen LogP contribution in [0.4, 0.5) is 17.6 Å². The summed E-state index contributed by atoms with van der Waals surface area (Å²) < 4.78 is 52.9. The van der Waals surface area contributed by atoms with Gasteiger partial charge in [0.1, 0.15) is 11.6 Å². The third kappa shape index (κ3) is 3.71. The second kappa shape index (κ2) is 5.43. The van der Waals surface area contributed by atoms with Gasteiger partial charge in [-0.3, -0.25) is 0 Å². The van der Waals surface area contributed by atoms with E-state index in [1.165, 1.54) is 18.2 Å². The first-order valence-electron chi connectivity index (χ1n) is 5.65. The number of carboxylic acid groups (broad SMARTS) is 1. The molecule has 0 amide bonds. The van der Waals surface area contributed by atoms with Crippen molar-refractivity contribution in [3.8, 4) is 16.9 Å². The molecule has 0 atom stereocenters. The summed E-state index contributed by atoms with van der Waals surface area (Å²) in [5, 5.41) is 9.02. The minimum Gasteiger partial charge on any atom is -0.478 e. The molecule has 7 heteroatoms. The Morgan fingerprint density at radius 3 is 2.19 bits per heavy atom. The van der Waals surface area contributed by atoms with Crippen molar-refractivity contribution in [2.45, 2.75) is 6.36 Å². The van der Waals surface area contributed by atoms with Crippen LogP contribution in [0, 0.1) is 5.82 Å². The molecule has 0 heterocycles. The first kappa shape index (κ1) is 14.8. The zero-order valence-electron chi connectivity index (χ0n) is 10.3. The Morgan fingerprint density at radius 2 is 1.67 bits per heavy atom. The molecule has 0 aliphatic heterocycles. The molecule has 2 aromatic rings. The number of hydrogen-bond acceptors (Lipinski definition) is 2. The molecular formula is C14H8F4O3. The second-order valence-corrected chi connectivity index (χ2v) is 4.07. The van der Waals surface area contributed by atoms with Crippen LogP contribution < -0.4 is 4.74 Å². The van der Waals surface area contributed by atoms with Crippen molar-refractivity contribution < 1.29 is 32.2 Å². The number of carbonyl (C=O) groups is 1. The Morgan fingerprint density at radius 1 is 1.05 bits per heavy atom. The van der Waals surface area contributed by atoms with E-state index in [9.17, 15) is 22.4 Å². The van der Waals surface area contributed by atoms with Gasteiger partial charge < -0.3 is 9.84 Å². The molecule has 0 aromatic heterocycles. The van der Waals surface area contributed by atoms with Gasteiger partial charge >= 0.3 is 12.3 Å². The highest BCUT2D eigenvalue weighted by atomic mass is 19.4. The zero-order valence-corrected chi connectivity index (χ0v) is 10.3. The van der Waals surface area contributed by atoms with Crippen molar-refractivity contribution in [1.82, 2.24) is 0 Å². The van der Waals surface area contributed by atoms with Crippen molar-refractivity contribution in [1.29, 1.82) is 0 Å². The first-order chi connectivity index (χ1) is 9.76. The Bertz CT molecular complexity index is 663. The normalized spacial score (nSPS) is 11.2. The topological polar surface area (TPSA) is 46.5 Å². The van der Waals surface area contributed by atoms with Crippen LogP contribution in [0.15, 0.2) is 42.5 Å². The number of rotatable bonds is 3. The van der Waals surface area contributed by atoms with Crippen LogP contribution in [0.5, 0.6) is 5.75 Å². The SMILES string of the molecule is O=C(O)c1cc(F)ccc1-c1ccc(OC(F)(F)F)cc1. The van der Waals surface area contributed by atoms with E-state index in [0.717, 1.165) is 24.3 Å². The third-order valence-electron chi connectivity index (χ3n) is 2.61. The summed E-state index contributed by atoms with van der Waals surface area (Å²) in [6.45, 7) is 0. The molecule has 0 saturated carbocycles. The molecule has 0 aliphatic carbocycles. The van der Waals surface area contributed by atoms with E-state index < -0.39 is 23.9 Å². The summed E-state index contributed by atoms with van der Waals surface area (Å²) >= 11 is 0. The first-order valence-corrected chi connectivity index (χ1v) is 5.65. The number of ether oxygens (including phenoxy) is 1. The van der Waals surface area contributed by atoms with E-state index in [1.807, 2.05) is 0 Å². The number of aromatic carboxylic acids is 1. The number of alkyl halides is 3. The van der Waals surface area contributed by atoms with Gasteiger partial charge in [0.15, 0.2) is 0 Å². The fourth-order valence-corrected chi connectivity index (χ4v) is 1.78. The maximum absolute atomic E-state index is 13.1. The number of benzene rings is 2. The van der Waals surface area contributed by atoms with Crippen LogP contribution in [0.3, 0.4) is 0 Å². The summed E-state index contributed by atoms with van der Waals surface area (Å²) in [6.07, 6.45) is -4.80. The van der Waals surface area contributed by atoms with Gasteiger partial charge in [-0.15, -0.1) is 13.2 Å². The van der Waals surface area contributed by atoms with Gasteiger partial charge in [0.05, 0.1) is 5.56 Å². The molecule has 0 unspecified atom stereocenters. The summed E-state index contributed by atoms with van der Waals surface area (Å²) in [5.74, 6) is -2.47. The van der Waals surface area contributed by atoms with E-state index in [-0.39, 0.29) is 11.1 Å². The summed E-state index contributed by atoms with van der Waals surface area (Å²) in [4.78, 5) is 11.1. The average molecular weight is 300 g/mol. The van der Waals surface area contributed by atoms with E-state index in [4.69, 9.17) is 5.11 Å². The number of carboxylic acids is 1. The fourth-order valence-electron chi connectivity index (χ4n) is 1.78. The number of hydrogen-bond donors (Lipinski definition) is 1. The van der Waals surface area contributed by atoms with Gasteiger partial charge in [-0.1, -0.05) is 18.2 Å². The molecule has 3 nitrogen and oxygen atoms in total. The monoisotopic (exact) mass is 300 g/mol. The summed E-state index contributed by atoms with van der Waals surface area (Å²) in [7, 11) is 0. The lowest BCUT2D eigenvalue weighted by molar-refractivity contribution is -0.274. The molecule has 2 rings (SSSR count). The van der Waals surface area contributed by atoms with E-state index in [1.54, 1.807) is 0 Å². The lowest BCUT2D eigenvalue weighted by Crippen LogP contribution is -2.16. The Labute approximate surface area is 116 Å². The van der Waals surface area contributed by atoms with Gasteiger partial charge in [-0.05, 0) is 35.4 Å². The fraction of sp³-hybridized carbons (Fsp3) is 0.0714. The van der Waals surface area contributed by atoms with Crippen molar-refractivity contribution in [3.63, 3.8) is 0 Å². The standard InChI is InChI=1S/C14H8F4O3/c15-9-3-6-11(12(7-9)13(19)20)8-1-4-10(5-2-8)21-14(16,17)18/h1-7H,(H,19,20). The van der Waals surface area contributed by atoms with Crippen LogP contribution in [0.2, 0.25) is 0 Å². The molecule has 1 N–H and O–H groups in total. The summed E-state index contributed by atoms with van der Waals surface area (Å²) in [6, 6.07) is 7.80. The lowest BCUT2D eigenvalue weighted by atomic mass is 9.99. The number of halogens is 4. The van der Waals surface area contributed by atoms with E-state index >= 15 is 0 Å². The highest BCUT2D eigenvalue weighted by Gasteiger charge is 2.31. The minimum absolute atomic E-state index is 0.197. The Kier molecular flexibility index (Phi) is 3.84. The van der Waals surface area contributed by atoms with Crippen LogP contribution in [0.1, 0.15) is 10.4 Å². The van der Waals surface area contributed by atoms with Crippen molar-refractivity contribution in [2.24, 2.45) is 0 Å². The molecule has 0 spiro atoms. The van der Waals surface area contributed by atoms with Crippen molar-refractivity contribution in [2.75, 3.05) is 0 Å². The van der Waals surface area contributed by atoms with Gasteiger partial charge in [0.2, 0.25) is 0 Å². The predicted octanol–water partition coefficient (Wildman–Crippen LogP) is 4.09. The van der Waals surface area contributed by atoms with Gasteiger partial charge in [-0.2, -0.15) is 0 Å². The lowest BCUT2D eigenvalue weighted by Gasteiger charge is -2.10. The zero-order chi connectivity index (χ0) is 15.6. The maximum atomic E-state index is 13.1. The maximum Gasteiger partial charge on any atom is 0.573 e. The van der Waals surface area contributed by atoms with Gasteiger partial charge in [-0.25, -0.2) is 9.18 Å². The molecular weight excluding hydrogens is 292 g/mol. The van der Waals surface area contributed by atoms with Crippen LogP contribution in [-0.2, 0) is 0 Å². The van der Waals surface area contributed by atoms with Gasteiger partial charge in [0.25, 0.3) is 0 Å². The molecule has 0 aliphatic rings. The van der Waals surface area contributed by atoms with Gasteiger partial charge in [0, 0.05) is 0 Å². The third-order valence-corrected chi connectivity index (χ3v) is 2.61. The largest absolute Gasteiger partial charge is 0.573 e. The van der Waals surface area contributed by atoms with Crippen molar-refractivity contribution in [3.05, 3.63) is 53.8 Å². The molecule has 110 valence electrons. The molecule has 0 bridgehead atoms. The summed E-state index contributed by atoms with van der Waals surface area (Å²) in [5.41, 5.74) is 0.254. The molecule has 0 radical (unpaired) electrons. The Hall–Kier alpha value is -2.57. The molecule has 2 aromatic carbocycles. The van der Waals surface area contributed by atoms with Crippen LogP contribution >= 0.6 is 0 Å². The Balaban J connectivity index is 2.37. The second-order valence-electron chi connectivity index (χ2n) is 4.07. The molecule has 0 saturated heterocycles. The molecule has 0 fully saturated rings. The van der Waals surface area contributed by atoms with Crippen LogP contribution in [0.25, 0.3) is 11.1 Å². The minimum atomic E-state index is -4.80. The average Bonchev–Trinajstić information content (AvgIpc) is 2.38. The quantitative estimate of drug-likeness (QED) is 0.868. The van der Waals surface area contributed by atoms with Crippen LogP contribution in [-0.4, -0.2) is 17.4 Å². The highest BCUT2D eigenvalue weighted by molar-refractivity contribution is 5.96. The van der Waals surface area contributed by atoms with E-state index in [2.05, 4.69) is 4.74 Å².